The standard InChI is InChI=1S/C18H27NOS/c1-2-9-16(10-3-1)19-12-6-13-20-17-11-4-7-15-8-5-14-21-18(15)17/h4,7,11,16,19H,1-3,5-6,8-10,12-14H2. The number of fused-ring (bicyclic) bond motifs is 1. The number of thioether (sulfide) groups is 1. The fourth-order valence-corrected chi connectivity index (χ4v) is 4.46. The average Bonchev–Trinajstić information content (AvgIpc) is 2.56. The van der Waals surface area contributed by atoms with Crippen LogP contribution in [0.1, 0.15) is 50.5 Å². The Morgan fingerprint density at radius 1 is 1.14 bits per heavy atom. The molecule has 0 amide bonds. The molecular weight excluding hydrogens is 278 g/mol. The van der Waals surface area contributed by atoms with Crippen LogP contribution in [-0.4, -0.2) is 24.9 Å². The van der Waals surface area contributed by atoms with Crippen molar-refractivity contribution in [3.8, 4) is 5.75 Å². The van der Waals surface area contributed by atoms with E-state index in [1.165, 1.54) is 61.2 Å². The zero-order valence-corrected chi connectivity index (χ0v) is 13.7. The zero-order chi connectivity index (χ0) is 14.3. The average molecular weight is 305 g/mol. The Morgan fingerprint density at radius 2 is 2.05 bits per heavy atom. The number of aryl methyl sites for hydroxylation is 1. The van der Waals surface area contributed by atoms with Crippen molar-refractivity contribution in [3.05, 3.63) is 23.8 Å². The summed E-state index contributed by atoms with van der Waals surface area (Å²) in [6.07, 6.45) is 10.6. The monoisotopic (exact) mass is 305 g/mol. The third kappa shape index (κ3) is 4.40. The Balaban J connectivity index is 1.39. The maximum atomic E-state index is 6.03. The fourth-order valence-electron chi connectivity index (χ4n) is 3.34. The van der Waals surface area contributed by atoms with Gasteiger partial charge < -0.3 is 10.1 Å². The highest BCUT2D eigenvalue weighted by atomic mass is 32.2. The molecule has 0 spiro atoms. The lowest BCUT2D eigenvalue weighted by Gasteiger charge is -2.23. The zero-order valence-electron chi connectivity index (χ0n) is 12.9. The molecule has 1 aliphatic carbocycles. The summed E-state index contributed by atoms with van der Waals surface area (Å²) in [5, 5.41) is 3.68. The molecule has 1 aromatic rings. The number of ether oxygens (including phenoxy) is 1. The molecule has 0 bridgehead atoms. The van der Waals surface area contributed by atoms with Crippen LogP contribution >= 0.6 is 11.8 Å². The molecule has 1 aromatic carbocycles. The lowest BCUT2D eigenvalue weighted by Crippen LogP contribution is -2.32. The largest absolute Gasteiger partial charge is 0.492 e. The van der Waals surface area contributed by atoms with Crippen LogP contribution < -0.4 is 10.1 Å². The quantitative estimate of drug-likeness (QED) is 0.786. The predicted octanol–water partition coefficient (Wildman–Crippen LogP) is 4.42. The highest BCUT2D eigenvalue weighted by Gasteiger charge is 2.14. The van der Waals surface area contributed by atoms with Crippen molar-refractivity contribution in [3.63, 3.8) is 0 Å². The highest BCUT2D eigenvalue weighted by Crippen LogP contribution is 2.37. The number of nitrogens with one attached hydrogen (secondary N) is 1. The van der Waals surface area contributed by atoms with Crippen LogP contribution in [-0.2, 0) is 6.42 Å². The highest BCUT2D eigenvalue weighted by molar-refractivity contribution is 7.99. The predicted molar refractivity (Wildman–Crippen MR) is 90.5 cm³/mol. The van der Waals surface area contributed by atoms with Gasteiger partial charge in [-0.15, -0.1) is 11.8 Å². The fraction of sp³-hybridized carbons (Fsp3) is 0.667. The first-order valence-corrected chi connectivity index (χ1v) is 9.53. The van der Waals surface area contributed by atoms with E-state index in [0.717, 1.165) is 31.4 Å². The second-order valence-electron chi connectivity index (χ2n) is 6.19. The van der Waals surface area contributed by atoms with Gasteiger partial charge in [-0.2, -0.15) is 0 Å². The number of hydrogen-bond donors (Lipinski definition) is 1. The van der Waals surface area contributed by atoms with Gasteiger partial charge >= 0.3 is 0 Å². The minimum absolute atomic E-state index is 0.763. The second kappa shape index (κ2) is 8.09. The van der Waals surface area contributed by atoms with E-state index >= 15 is 0 Å². The van der Waals surface area contributed by atoms with Crippen molar-refractivity contribution in [1.82, 2.24) is 5.32 Å². The van der Waals surface area contributed by atoms with Gasteiger partial charge in [0.05, 0.1) is 11.5 Å². The summed E-state index contributed by atoms with van der Waals surface area (Å²) in [5.74, 6) is 2.34. The third-order valence-electron chi connectivity index (χ3n) is 4.51. The van der Waals surface area contributed by atoms with Gasteiger partial charge in [-0.25, -0.2) is 0 Å². The summed E-state index contributed by atoms with van der Waals surface area (Å²) in [6, 6.07) is 7.28. The second-order valence-corrected chi connectivity index (χ2v) is 7.29. The number of hydrogen-bond acceptors (Lipinski definition) is 3. The van der Waals surface area contributed by atoms with E-state index in [4.69, 9.17) is 4.74 Å². The number of benzene rings is 1. The maximum Gasteiger partial charge on any atom is 0.133 e. The van der Waals surface area contributed by atoms with Crippen LogP contribution in [0.25, 0.3) is 0 Å². The van der Waals surface area contributed by atoms with Gasteiger partial charge in [-0.05, 0) is 56.0 Å². The van der Waals surface area contributed by atoms with Crippen LogP contribution in [0.2, 0.25) is 0 Å². The molecule has 3 heteroatoms. The van der Waals surface area contributed by atoms with E-state index in [1.807, 2.05) is 11.8 Å². The SMILES string of the molecule is c1cc2c(c(OCCCNC3CCCCC3)c1)SCCC2. The lowest BCUT2D eigenvalue weighted by molar-refractivity contribution is 0.291. The van der Waals surface area contributed by atoms with Gasteiger partial charge in [-0.1, -0.05) is 31.4 Å². The first kappa shape index (κ1) is 15.2. The molecule has 1 N–H and O–H groups in total. The molecule has 0 saturated heterocycles. The molecule has 2 aliphatic rings. The molecule has 1 aliphatic heterocycles. The van der Waals surface area contributed by atoms with E-state index in [1.54, 1.807) is 0 Å². The summed E-state index contributed by atoms with van der Waals surface area (Å²) >= 11 is 1.96. The van der Waals surface area contributed by atoms with Crippen LogP contribution in [0.15, 0.2) is 23.1 Å². The van der Waals surface area contributed by atoms with Crippen molar-refractivity contribution >= 4 is 11.8 Å². The van der Waals surface area contributed by atoms with Crippen LogP contribution in [0, 0.1) is 0 Å². The Hall–Kier alpha value is -0.670. The molecule has 0 aromatic heterocycles. The molecule has 116 valence electrons. The molecule has 21 heavy (non-hydrogen) atoms. The third-order valence-corrected chi connectivity index (χ3v) is 5.76. The van der Waals surface area contributed by atoms with E-state index in [9.17, 15) is 0 Å². The Labute approximate surface area is 133 Å². The lowest BCUT2D eigenvalue weighted by atomic mass is 9.95. The van der Waals surface area contributed by atoms with Gasteiger partial charge in [0.1, 0.15) is 5.75 Å². The van der Waals surface area contributed by atoms with Crippen molar-refractivity contribution in [2.45, 2.75) is 62.3 Å². The molecule has 2 nitrogen and oxygen atoms in total. The maximum absolute atomic E-state index is 6.03. The Kier molecular flexibility index (Phi) is 5.87. The Bertz CT molecular complexity index is 443. The van der Waals surface area contributed by atoms with E-state index in [2.05, 4.69) is 23.5 Å². The van der Waals surface area contributed by atoms with Gasteiger partial charge in [-0.3, -0.25) is 0 Å². The molecule has 3 rings (SSSR count). The van der Waals surface area contributed by atoms with E-state index in [-0.39, 0.29) is 0 Å². The first-order valence-electron chi connectivity index (χ1n) is 8.54. The first-order chi connectivity index (χ1) is 10.4. The summed E-state index contributed by atoms with van der Waals surface area (Å²) in [5.41, 5.74) is 1.48. The smallest absolute Gasteiger partial charge is 0.133 e. The summed E-state index contributed by atoms with van der Waals surface area (Å²) in [7, 11) is 0. The van der Waals surface area contributed by atoms with Gasteiger partial charge in [0.2, 0.25) is 0 Å². The summed E-state index contributed by atoms with van der Waals surface area (Å²) in [4.78, 5) is 1.39. The van der Waals surface area contributed by atoms with Gasteiger partial charge in [0.25, 0.3) is 0 Å². The molecular formula is C18H27NOS. The van der Waals surface area contributed by atoms with Gasteiger partial charge in [0.15, 0.2) is 0 Å². The molecule has 0 unspecified atom stereocenters. The van der Waals surface area contributed by atoms with Crippen molar-refractivity contribution in [1.29, 1.82) is 0 Å². The molecule has 0 radical (unpaired) electrons. The van der Waals surface area contributed by atoms with Crippen molar-refractivity contribution < 1.29 is 4.74 Å². The number of rotatable bonds is 6. The summed E-state index contributed by atoms with van der Waals surface area (Å²) in [6.45, 7) is 1.92. The molecule has 0 atom stereocenters. The topological polar surface area (TPSA) is 21.3 Å². The van der Waals surface area contributed by atoms with Crippen molar-refractivity contribution in [2.75, 3.05) is 18.9 Å². The van der Waals surface area contributed by atoms with Crippen LogP contribution in [0.4, 0.5) is 0 Å². The minimum atomic E-state index is 0.763. The molecule has 1 fully saturated rings. The van der Waals surface area contributed by atoms with Crippen LogP contribution in [0.5, 0.6) is 5.75 Å². The Morgan fingerprint density at radius 3 is 2.95 bits per heavy atom. The van der Waals surface area contributed by atoms with E-state index < -0.39 is 0 Å². The normalized spacial score (nSPS) is 19.2. The minimum Gasteiger partial charge on any atom is -0.492 e. The molecule has 1 saturated carbocycles. The summed E-state index contributed by atoms with van der Waals surface area (Å²) < 4.78 is 6.03. The van der Waals surface area contributed by atoms with Crippen LogP contribution in [0.3, 0.4) is 0 Å². The molecule has 1 heterocycles. The van der Waals surface area contributed by atoms with Gasteiger partial charge in [0, 0.05) is 6.04 Å². The van der Waals surface area contributed by atoms with Crippen molar-refractivity contribution in [2.24, 2.45) is 0 Å². The van der Waals surface area contributed by atoms with E-state index in [0.29, 0.717) is 0 Å².